The van der Waals surface area contributed by atoms with Crippen molar-refractivity contribution in [2.45, 2.75) is 53.0 Å². The molecule has 0 saturated carbocycles. The molecule has 4 nitrogen and oxygen atoms in total. The molecule has 1 amide bonds. The van der Waals surface area contributed by atoms with Crippen molar-refractivity contribution in [1.29, 1.82) is 5.26 Å². The first-order valence-corrected chi connectivity index (χ1v) is 7.56. The number of carbonyl (C=O) groups is 1. The molecule has 1 heterocycles. The topological polar surface area (TPSA) is 65.8 Å². The van der Waals surface area contributed by atoms with Crippen LogP contribution >= 0.6 is 11.3 Å². The van der Waals surface area contributed by atoms with E-state index in [2.05, 4.69) is 16.4 Å². The van der Waals surface area contributed by atoms with E-state index in [9.17, 15) is 10.1 Å². The monoisotopic (exact) mass is 279 g/mol. The van der Waals surface area contributed by atoms with Gasteiger partial charge in [0.1, 0.15) is 10.4 Å². The highest BCUT2D eigenvalue weighted by Crippen LogP contribution is 2.29. The van der Waals surface area contributed by atoms with Crippen LogP contribution in [-0.4, -0.2) is 10.9 Å². The number of nitriles is 1. The fraction of sp³-hybridized carbons (Fsp3) is 0.643. The predicted octanol–water partition coefficient (Wildman–Crippen LogP) is 3.18. The van der Waals surface area contributed by atoms with Crippen LogP contribution in [0.1, 0.15) is 50.2 Å². The minimum Gasteiger partial charge on any atom is -0.348 e. The largest absolute Gasteiger partial charge is 0.348 e. The molecule has 1 rings (SSSR count). The van der Waals surface area contributed by atoms with E-state index in [0.717, 1.165) is 23.5 Å². The van der Waals surface area contributed by atoms with Crippen LogP contribution in [0.15, 0.2) is 5.38 Å². The minimum absolute atomic E-state index is 0.161. The molecule has 0 aliphatic rings. The second-order valence-electron chi connectivity index (χ2n) is 4.76. The van der Waals surface area contributed by atoms with Gasteiger partial charge in [-0.2, -0.15) is 5.26 Å². The summed E-state index contributed by atoms with van der Waals surface area (Å²) in [5.74, 6) is -0.161. The third-order valence-electron chi connectivity index (χ3n) is 3.07. The Bertz CT molecular complexity index is 456. The first-order valence-electron chi connectivity index (χ1n) is 6.68. The number of hydrogen-bond donors (Lipinski definition) is 1. The summed E-state index contributed by atoms with van der Waals surface area (Å²) in [6.07, 6.45) is 2.88. The Morgan fingerprint density at radius 1 is 1.47 bits per heavy atom. The van der Waals surface area contributed by atoms with E-state index in [1.165, 1.54) is 11.3 Å². The Balaban J connectivity index is 2.69. The normalized spacial score (nSPS) is 11.1. The van der Waals surface area contributed by atoms with Crippen molar-refractivity contribution in [3.8, 4) is 6.07 Å². The van der Waals surface area contributed by atoms with Gasteiger partial charge in [-0.3, -0.25) is 4.79 Å². The number of aryl methyl sites for hydroxylation is 1. The smallest absolute Gasteiger partial charge is 0.240 e. The standard InChI is InChI=1S/C14H21N3OS/c1-4-6-14(10-15,7-5-2)13(18)16-8-12-17-11(3)9-19-12/h9H,4-8H2,1-3H3,(H,16,18). The van der Waals surface area contributed by atoms with Crippen molar-refractivity contribution in [2.24, 2.45) is 5.41 Å². The number of aromatic nitrogens is 1. The van der Waals surface area contributed by atoms with Crippen LogP contribution in [0.3, 0.4) is 0 Å². The lowest BCUT2D eigenvalue weighted by Crippen LogP contribution is -2.39. The average Bonchev–Trinajstić information content (AvgIpc) is 2.81. The van der Waals surface area contributed by atoms with Gasteiger partial charge in [0.05, 0.1) is 12.6 Å². The zero-order valence-corrected chi connectivity index (χ0v) is 12.6. The molecule has 104 valence electrons. The Morgan fingerprint density at radius 3 is 2.53 bits per heavy atom. The van der Waals surface area contributed by atoms with Gasteiger partial charge in [-0.05, 0) is 19.8 Å². The van der Waals surface area contributed by atoms with Gasteiger partial charge in [-0.1, -0.05) is 26.7 Å². The van der Waals surface area contributed by atoms with Crippen molar-refractivity contribution in [3.63, 3.8) is 0 Å². The number of nitrogens with zero attached hydrogens (tertiary/aromatic N) is 2. The van der Waals surface area contributed by atoms with Gasteiger partial charge in [0, 0.05) is 11.1 Å². The lowest BCUT2D eigenvalue weighted by molar-refractivity contribution is -0.129. The van der Waals surface area contributed by atoms with E-state index in [0.29, 0.717) is 19.4 Å². The predicted molar refractivity (Wildman–Crippen MR) is 76.6 cm³/mol. The second-order valence-corrected chi connectivity index (χ2v) is 5.70. The fourth-order valence-corrected chi connectivity index (χ4v) is 2.89. The van der Waals surface area contributed by atoms with Gasteiger partial charge in [0.25, 0.3) is 0 Å². The van der Waals surface area contributed by atoms with Crippen LogP contribution in [-0.2, 0) is 11.3 Å². The molecule has 0 aliphatic carbocycles. The first kappa shape index (κ1) is 15.6. The fourth-order valence-electron chi connectivity index (χ4n) is 2.18. The van der Waals surface area contributed by atoms with Crippen LogP contribution in [0.25, 0.3) is 0 Å². The maximum absolute atomic E-state index is 12.3. The van der Waals surface area contributed by atoms with Gasteiger partial charge in [-0.25, -0.2) is 4.98 Å². The summed E-state index contributed by atoms with van der Waals surface area (Å²) in [6.45, 7) is 6.34. The van der Waals surface area contributed by atoms with Crippen LogP contribution < -0.4 is 5.32 Å². The molecular formula is C14H21N3OS. The van der Waals surface area contributed by atoms with E-state index >= 15 is 0 Å². The molecule has 1 aromatic heterocycles. The molecule has 0 aromatic carbocycles. The maximum Gasteiger partial charge on any atom is 0.240 e. The van der Waals surface area contributed by atoms with E-state index < -0.39 is 5.41 Å². The number of carbonyl (C=O) groups excluding carboxylic acids is 1. The van der Waals surface area contributed by atoms with Gasteiger partial charge in [-0.15, -0.1) is 11.3 Å². The molecule has 0 bridgehead atoms. The summed E-state index contributed by atoms with van der Waals surface area (Å²) in [5, 5.41) is 15.1. The van der Waals surface area contributed by atoms with Crippen LogP contribution in [0.4, 0.5) is 0 Å². The van der Waals surface area contributed by atoms with Crippen molar-refractivity contribution in [1.82, 2.24) is 10.3 Å². The van der Waals surface area contributed by atoms with Gasteiger partial charge >= 0.3 is 0 Å². The van der Waals surface area contributed by atoms with Crippen molar-refractivity contribution >= 4 is 17.2 Å². The minimum atomic E-state index is -0.879. The molecule has 0 aliphatic heterocycles. The molecule has 19 heavy (non-hydrogen) atoms. The molecule has 0 unspecified atom stereocenters. The molecule has 0 fully saturated rings. The van der Waals surface area contributed by atoms with Gasteiger partial charge < -0.3 is 5.32 Å². The Kier molecular flexibility index (Phi) is 5.97. The van der Waals surface area contributed by atoms with Gasteiger partial charge in [0.15, 0.2) is 0 Å². The number of amides is 1. The van der Waals surface area contributed by atoms with E-state index in [4.69, 9.17) is 0 Å². The molecule has 5 heteroatoms. The number of nitrogens with one attached hydrogen (secondary N) is 1. The quantitative estimate of drug-likeness (QED) is 0.833. The Morgan fingerprint density at radius 2 is 2.11 bits per heavy atom. The van der Waals surface area contributed by atoms with Crippen LogP contribution in [0.5, 0.6) is 0 Å². The molecule has 1 N–H and O–H groups in total. The van der Waals surface area contributed by atoms with Crippen molar-refractivity contribution in [3.05, 3.63) is 16.1 Å². The highest BCUT2D eigenvalue weighted by atomic mass is 32.1. The van der Waals surface area contributed by atoms with Crippen LogP contribution in [0, 0.1) is 23.7 Å². The lowest BCUT2D eigenvalue weighted by atomic mass is 9.80. The van der Waals surface area contributed by atoms with Crippen LogP contribution in [0.2, 0.25) is 0 Å². The number of thiazole rings is 1. The van der Waals surface area contributed by atoms with E-state index in [-0.39, 0.29) is 5.91 Å². The summed E-state index contributed by atoms with van der Waals surface area (Å²) in [7, 11) is 0. The zero-order chi connectivity index (χ0) is 14.3. The first-order chi connectivity index (χ1) is 9.07. The third-order valence-corrected chi connectivity index (χ3v) is 4.04. The second kappa shape index (κ2) is 7.25. The third kappa shape index (κ3) is 4.03. The Hall–Kier alpha value is -1.41. The summed E-state index contributed by atoms with van der Waals surface area (Å²) >= 11 is 1.53. The molecular weight excluding hydrogens is 258 g/mol. The maximum atomic E-state index is 12.3. The van der Waals surface area contributed by atoms with Gasteiger partial charge in [0.2, 0.25) is 5.91 Å². The highest BCUT2D eigenvalue weighted by molar-refractivity contribution is 7.09. The lowest BCUT2D eigenvalue weighted by Gasteiger charge is -2.24. The zero-order valence-electron chi connectivity index (χ0n) is 11.8. The average molecular weight is 279 g/mol. The molecule has 1 aromatic rings. The van der Waals surface area contributed by atoms with Crippen molar-refractivity contribution in [2.75, 3.05) is 0 Å². The SMILES string of the molecule is CCCC(C#N)(CCC)C(=O)NCc1nc(C)cs1. The Labute approximate surface area is 118 Å². The molecule has 0 spiro atoms. The summed E-state index contributed by atoms with van der Waals surface area (Å²) in [6, 6.07) is 2.23. The van der Waals surface area contributed by atoms with E-state index in [1.54, 1.807) is 0 Å². The summed E-state index contributed by atoms with van der Waals surface area (Å²) < 4.78 is 0. The molecule has 0 saturated heterocycles. The summed E-state index contributed by atoms with van der Waals surface area (Å²) in [4.78, 5) is 16.6. The molecule has 0 atom stereocenters. The summed E-state index contributed by atoms with van der Waals surface area (Å²) in [5.41, 5.74) is 0.0819. The number of hydrogen-bond acceptors (Lipinski definition) is 4. The molecule has 0 radical (unpaired) electrons. The van der Waals surface area contributed by atoms with E-state index in [1.807, 2.05) is 26.2 Å². The number of rotatable bonds is 7. The highest BCUT2D eigenvalue weighted by Gasteiger charge is 2.36. The van der Waals surface area contributed by atoms with Crippen molar-refractivity contribution < 1.29 is 4.79 Å².